The average molecular weight is 311 g/mol. The second kappa shape index (κ2) is 7.26. The molecule has 8 heteroatoms. The van der Waals surface area contributed by atoms with E-state index in [1.165, 1.54) is 19.2 Å². The maximum absolute atomic E-state index is 11.5. The summed E-state index contributed by atoms with van der Waals surface area (Å²) in [5, 5.41) is 14.0. The van der Waals surface area contributed by atoms with Gasteiger partial charge in [0, 0.05) is 12.6 Å². The molecule has 0 aromatic carbocycles. The fraction of sp³-hybridized carbons (Fsp3) is 0.538. The van der Waals surface area contributed by atoms with Crippen LogP contribution in [0.25, 0.3) is 0 Å². The zero-order valence-electron chi connectivity index (χ0n) is 11.7. The van der Waals surface area contributed by atoms with Crippen molar-refractivity contribution in [1.29, 1.82) is 0 Å². The van der Waals surface area contributed by atoms with Crippen molar-refractivity contribution >= 4 is 29.2 Å². The second-order valence-electron chi connectivity index (χ2n) is 4.75. The molecule has 7 nitrogen and oxygen atoms in total. The normalized spacial score (nSPS) is 15.5. The molecule has 2 heterocycles. The van der Waals surface area contributed by atoms with Crippen LogP contribution in [-0.2, 0) is 4.74 Å². The predicted molar refractivity (Wildman–Crippen MR) is 80.8 cm³/mol. The number of ether oxygens (including phenoxy) is 1. The quantitative estimate of drug-likeness (QED) is 0.506. The van der Waals surface area contributed by atoms with Crippen molar-refractivity contribution in [2.45, 2.75) is 12.8 Å². The second-order valence-corrected chi connectivity index (χ2v) is 5.97. The third-order valence-corrected chi connectivity index (χ3v) is 4.41. The van der Waals surface area contributed by atoms with E-state index in [2.05, 4.69) is 15.0 Å². The van der Waals surface area contributed by atoms with Crippen LogP contribution < -0.4 is 5.32 Å². The van der Waals surface area contributed by atoms with Crippen LogP contribution in [0.15, 0.2) is 12.1 Å². The van der Waals surface area contributed by atoms with E-state index >= 15 is 0 Å². The largest absolute Gasteiger partial charge is 0.464 e. The van der Waals surface area contributed by atoms with Crippen molar-refractivity contribution in [2.75, 3.05) is 30.5 Å². The number of esters is 1. The molecular weight excluding hydrogens is 294 g/mol. The van der Waals surface area contributed by atoms with Crippen molar-refractivity contribution in [1.82, 2.24) is 4.98 Å². The topological polar surface area (TPSA) is 94.4 Å². The molecule has 21 heavy (non-hydrogen) atoms. The summed E-state index contributed by atoms with van der Waals surface area (Å²) in [6.07, 6.45) is 2.17. The minimum absolute atomic E-state index is 0.0600. The van der Waals surface area contributed by atoms with Gasteiger partial charge in [0.25, 0.3) is 0 Å². The molecule has 1 aliphatic rings. The van der Waals surface area contributed by atoms with Crippen molar-refractivity contribution in [2.24, 2.45) is 5.92 Å². The highest BCUT2D eigenvalue weighted by molar-refractivity contribution is 7.99. The summed E-state index contributed by atoms with van der Waals surface area (Å²) < 4.78 is 4.58. The summed E-state index contributed by atoms with van der Waals surface area (Å²) in [6.45, 7) is 0.624. The Morgan fingerprint density at radius 1 is 1.52 bits per heavy atom. The molecule has 0 saturated carbocycles. The van der Waals surface area contributed by atoms with E-state index in [1.54, 1.807) is 0 Å². The van der Waals surface area contributed by atoms with E-state index < -0.39 is 10.9 Å². The SMILES string of the molecule is COC(=O)c1ccc([N+](=O)[O-])c(NCC2CCSCC2)n1. The number of anilines is 1. The molecule has 1 saturated heterocycles. The Bertz CT molecular complexity index is 532. The van der Waals surface area contributed by atoms with Crippen molar-refractivity contribution in [3.8, 4) is 0 Å². The number of thioether (sulfide) groups is 1. The van der Waals surface area contributed by atoms with Crippen LogP contribution in [0, 0.1) is 16.0 Å². The van der Waals surface area contributed by atoms with Crippen LogP contribution in [0.1, 0.15) is 23.3 Å². The van der Waals surface area contributed by atoms with Crippen molar-refractivity contribution in [3.63, 3.8) is 0 Å². The Morgan fingerprint density at radius 2 is 2.24 bits per heavy atom. The van der Waals surface area contributed by atoms with Crippen LogP contribution in [0.4, 0.5) is 11.5 Å². The number of carbonyl (C=O) groups excluding carboxylic acids is 1. The van der Waals surface area contributed by atoms with Crippen LogP contribution in [0.5, 0.6) is 0 Å². The Labute approximate surface area is 126 Å². The fourth-order valence-corrected chi connectivity index (χ4v) is 3.34. The van der Waals surface area contributed by atoms with Gasteiger partial charge in [-0.2, -0.15) is 11.8 Å². The smallest absolute Gasteiger partial charge is 0.356 e. The molecule has 1 fully saturated rings. The number of methoxy groups -OCH3 is 1. The van der Waals surface area contributed by atoms with E-state index in [0.717, 1.165) is 24.3 Å². The first-order valence-corrected chi connectivity index (χ1v) is 7.82. The van der Waals surface area contributed by atoms with Gasteiger partial charge in [-0.3, -0.25) is 10.1 Å². The number of carbonyl (C=O) groups is 1. The summed E-state index contributed by atoms with van der Waals surface area (Å²) >= 11 is 1.92. The van der Waals surface area contributed by atoms with Gasteiger partial charge in [0.15, 0.2) is 5.69 Å². The Balaban J connectivity index is 2.13. The first-order chi connectivity index (χ1) is 10.1. The first kappa shape index (κ1) is 15.6. The summed E-state index contributed by atoms with van der Waals surface area (Å²) in [5.41, 5.74) is -0.0716. The molecule has 1 aromatic rings. The van der Waals surface area contributed by atoms with Gasteiger partial charge in [-0.25, -0.2) is 9.78 Å². The minimum atomic E-state index is -0.609. The molecule has 0 unspecified atom stereocenters. The maximum atomic E-state index is 11.5. The number of aromatic nitrogens is 1. The number of nitrogens with one attached hydrogen (secondary N) is 1. The molecule has 0 amide bonds. The third-order valence-electron chi connectivity index (χ3n) is 3.36. The molecular formula is C13H17N3O4S. The fourth-order valence-electron chi connectivity index (χ4n) is 2.14. The van der Waals surface area contributed by atoms with Gasteiger partial charge in [0.05, 0.1) is 12.0 Å². The van der Waals surface area contributed by atoms with Gasteiger partial charge >= 0.3 is 11.7 Å². The number of nitrogens with zero attached hydrogens (tertiary/aromatic N) is 2. The van der Waals surface area contributed by atoms with Crippen LogP contribution in [0.2, 0.25) is 0 Å². The molecule has 0 bridgehead atoms. The standard InChI is InChI=1S/C13H17N3O4S/c1-20-13(17)10-2-3-11(16(18)19)12(15-10)14-8-9-4-6-21-7-5-9/h2-3,9H,4-8H2,1H3,(H,14,15). The van der Waals surface area contributed by atoms with Gasteiger partial charge in [-0.1, -0.05) is 0 Å². The highest BCUT2D eigenvalue weighted by atomic mass is 32.2. The monoisotopic (exact) mass is 311 g/mol. The Kier molecular flexibility index (Phi) is 5.38. The van der Waals surface area contributed by atoms with Gasteiger partial charge in [0.1, 0.15) is 0 Å². The Morgan fingerprint density at radius 3 is 2.86 bits per heavy atom. The molecule has 114 valence electrons. The third kappa shape index (κ3) is 4.07. The molecule has 0 atom stereocenters. The highest BCUT2D eigenvalue weighted by Gasteiger charge is 2.20. The van der Waals surface area contributed by atoms with Crippen molar-refractivity contribution < 1.29 is 14.5 Å². The highest BCUT2D eigenvalue weighted by Crippen LogP contribution is 2.26. The van der Waals surface area contributed by atoms with E-state index in [-0.39, 0.29) is 17.2 Å². The lowest BCUT2D eigenvalue weighted by atomic mass is 10.0. The van der Waals surface area contributed by atoms with Crippen molar-refractivity contribution in [3.05, 3.63) is 27.9 Å². The molecule has 1 aromatic heterocycles. The summed E-state index contributed by atoms with van der Waals surface area (Å²) in [7, 11) is 1.25. The molecule has 0 spiro atoms. The molecule has 0 radical (unpaired) electrons. The van der Waals surface area contributed by atoms with E-state index in [4.69, 9.17) is 0 Å². The number of nitro groups is 1. The van der Waals surface area contributed by atoms with Gasteiger partial charge in [0.2, 0.25) is 5.82 Å². The molecule has 2 rings (SSSR count). The van der Waals surface area contributed by atoms with Crippen LogP contribution in [0.3, 0.4) is 0 Å². The number of pyridine rings is 1. The number of hydrogen-bond acceptors (Lipinski definition) is 7. The van der Waals surface area contributed by atoms with E-state index in [9.17, 15) is 14.9 Å². The maximum Gasteiger partial charge on any atom is 0.356 e. The first-order valence-electron chi connectivity index (χ1n) is 6.67. The van der Waals surface area contributed by atoms with E-state index in [0.29, 0.717) is 12.5 Å². The van der Waals surface area contributed by atoms with E-state index in [1.807, 2.05) is 11.8 Å². The lowest BCUT2D eigenvalue weighted by Gasteiger charge is -2.21. The predicted octanol–water partition coefficient (Wildman–Crippen LogP) is 2.33. The van der Waals surface area contributed by atoms with Gasteiger partial charge in [-0.05, 0) is 36.3 Å². The van der Waals surface area contributed by atoms with Gasteiger partial charge < -0.3 is 10.1 Å². The Hall–Kier alpha value is -1.83. The zero-order valence-corrected chi connectivity index (χ0v) is 12.5. The summed E-state index contributed by atoms with van der Waals surface area (Å²) in [4.78, 5) is 26.0. The minimum Gasteiger partial charge on any atom is -0.464 e. The number of rotatable bonds is 5. The summed E-state index contributed by atoms with van der Waals surface area (Å²) in [6, 6.07) is 2.57. The zero-order chi connectivity index (χ0) is 15.2. The van der Waals surface area contributed by atoms with Crippen LogP contribution >= 0.6 is 11.8 Å². The molecule has 1 aliphatic heterocycles. The average Bonchev–Trinajstić information content (AvgIpc) is 2.52. The lowest BCUT2D eigenvalue weighted by Crippen LogP contribution is -2.20. The summed E-state index contributed by atoms with van der Waals surface area (Å²) in [5.74, 6) is 2.23. The van der Waals surface area contributed by atoms with Gasteiger partial charge in [-0.15, -0.1) is 0 Å². The molecule has 0 aliphatic carbocycles. The van der Waals surface area contributed by atoms with Crippen LogP contribution in [-0.4, -0.2) is 41.0 Å². The lowest BCUT2D eigenvalue weighted by molar-refractivity contribution is -0.384. The number of hydrogen-bond donors (Lipinski definition) is 1. The molecule has 1 N–H and O–H groups in total.